The number of hydrogen-bond donors (Lipinski definition) is 0. The van der Waals surface area contributed by atoms with Crippen molar-refractivity contribution in [1.29, 1.82) is 0 Å². The summed E-state index contributed by atoms with van der Waals surface area (Å²) in [5, 5.41) is 0.570. The number of ether oxygens (including phenoxy) is 3. The lowest BCUT2D eigenvalue weighted by molar-refractivity contribution is 0.0990. The van der Waals surface area contributed by atoms with Crippen LogP contribution in [0.25, 0.3) is 0 Å². The summed E-state index contributed by atoms with van der Waals surface area (Å²) < 4.78 is 16.4. The van der Waals surface area contributed by atoms with Crippen LogP contribution in [0.15, 0.2) is 30.3 Å². The van der Waals surface area contributed by atoms with E-state index in [2.05, 4.69) is 0 Å². The van der Waals surface area contributed by atoms with Crippen LogP contribution < -0.4 is 14.2 Å². The third-order valence-electron chi connectivity index (χ3n) is 3.37. The highest BCUT2D eigenvalue weighted by Crippen LogP contribution is 2.41. The maximum absolute atomic E-state index is 12.5. The molecule has 0 spiro atoms. The standard InChI is InChI=1S/C16H13ClO4/c1-19-11-7-14(20-2)16-12(18)6-9-5-10(17)3-4-13(9)21-15(16)8-11/h3-5,7-8H,6H2,1-2H3. The fourth-order valence-corrected chi connectivity index (χ4v) is 2.56. The minimum Gasteiger partial charge on any atom is -0.496 e. The van der Waals surface area contributed by atoms with Gasteiger partial charge >= 0.3 is 0 Å². The topological polar surface area (TPSA) is 44.8 Å². The van der Waals surface area contributed by atoms with E-state index in [0.29, 0.717) is 33.6 Å². The van der Waals surface area contributed by atoms with Gasteiger partial charge in [0.05, 0.1) is 14.2 Å². The van der Waals surface area contributed by atoms with Crippen molar-refractivity contribution in [3.63, 3.8) is 0 Å². The molecule has 0 amide bonds. The van der Waals surface area contributed by atoms with Crippen LogP contribution in [0, 0.1) is 0 Å². The first kappa shape index (κ1) is 13.8. The zero-order valence-electron chi connectivity index (χ0n) is 11.6. The van der Waals surface area contributed by atoms with E-state index in [1.54, 1.807) is 37.4 Å². The highest BCUT2D eigenvalue weighted by molar-refractivity contribution is 6.30. The average Bonchev–Trinajstić information content (AvgIpc) is 2.61. The Labute approximate surface area is 127 Å². The van der Waals surface area contributed by atoms with Crippen molar-refractivity contribution < 1.29 is 19.0 Å². The molecule has 1 aliphatic rings. The minimum atomic E-state index is -0.0782. The fourth-order valence-electron chi connectivity index (χ4n) is 2.37. The van der Waals surface area contributed by atoms with Crippen molar-refractivity contribution in [3.8, 4) is 23.0 Å². The predicted molar refractivity (Wildman–Crippen MR) is 79.1 cm³/mol. The molecule has 0 atom stereocenters. The zero-order chi connectivity index (χ0) is 15.0. The molecule has 0 radical (unpaired) electrons. The van der Waals surface area contributed by atoms with E-state index >= 15 is 0 Å². The summed E-state index contributed by atoms with van der Waals surface area (Å²) in [6.45, 7) is 0. The number of carbonyl (C=O) groups excluding carboxylic acids is 1. The van der Waals surface area contributed by atoms with Crippen molar-refractivity contribution in [1.82, 2.24) is 0 Å². The van der Waals surface area contributed by atoms with Crippen LogP contribution in [0.4, 0.5) is 0 Å². The van der Waals surface area contributed by atoms with Crippen LogP contribution >= 0.6 is 11.6 Å². The monoisotopic (exact) mass is 304 g/mol. The number of hydrogen-bond acceptors (Lipinski definition) is 4. The van der Waals surface area contributed by atoms with Gasteiger partial charge in [-0.2, -0.15) is 0 Å². The molecule has 108 valence electrons. The quantitative estimate of drug-likeness (QED) is 0.844. The van der Waals surface area contributed by atoms with E-state index in [-0.39, 0.29) is 12.2 Å². The number of rotatable bonds is 2. The second-order valence-corrected chi connectivity index (χ2v) is 5.09. The van der Waals surface area contributed by atoms with Gasteiger partial charge in [-0.1, -0.05) is 11.6 Å². The molecule has 0 fully saturated rings. The lowest BCUT2D eigenvalue weighted by atomic mass is 10.0. The molecule has 5 heteroatoms. The molecule has 1 aliphatic heterocycles. The van der Waals surface area contributed by atoms with Crippen molar-refractivity contribution in [2.75, 3.05) is 14.2 Å². The minimum absolute atomic E-state index is 0.0782. The molecule has 0 aromatic heterocycles. The molecule has 0 unspecified atom stereocenters. The number of halogens is 1. The van der Waals surface area contributed by atoms with E-state index in [0.717, 1.165) is 5.56 Å². The molecule has 4 nitrogen and oxygen atoms in total. The molecule has 2 aromatic carbocycles. The summed E-state index contributed by atoms with van der Waals surface area (Å²) in [4.78, 5) is 12.5. The summed E-state index contributed by atoms with van der Waals surface area (Å²) in [6, 6.07) is 8.58. The molecule has 0 N–H and O–H groups in total. The lowest BCUT2D eigenvalue weighted by Crippen LogP contribution is -2.05. The highest BCUT2D eigenvalue weighted by atomic mass is 35.5. The second kappa shape index (κ2) is 5.30. The molecule has 0 saturated heterocycles. The van der Waals surface area contributed by atoms with Gasteiger partial charge in [-0.3, -0.25) is 4.79 Å². The van der Waals surface area contributed by atoms with Crippen LogP contribution in [0.3, 0.4) is 0 Å². The van der Waals surface area contributed by atoms with E-state index in [1.807, 2.05) is 0 Å². The summed E-state index contributed by atoms with van der Waals surface area (Å²) in [7, 11) is 3.06. The number of benzene rings is 2. The van der Waals surface area contributed by atoms with Gasteiger partial charge in [0.25, 0.3) is 0 Å². The number of Topliss-reactive ketones (excluding diaryl/α,β-unsaturated/α-hetero) is 1. The molecule has 3 rings (SSSR count). The third kappa shape index (κ3) is 2.43. The fraction of sp³-hybridized carbons (Fsp3) is 0.188. The Hall–Kier alpha value is -2.20. The van der Waals surface area contributed by atoms with Gasteiger partial charge in [0.15, 0.2) is 5.78 Å². The van der Waals surface area contributed by atoms with Gasteiger partial charge in [0, 0.05) is 29.1 Å². The average molecular weight is 305 g/mol. The van der Waals surface area contributed by atoms with Crippen LogP contribution in [-0.2, 0) is 6.42 Å². The summed E-state index contributed by atoms with van der Waals surface area (Å²) in [6.07, 6.45) is 0.214. The molecule has 0 aliphatic carbocycles. The highest BCUT2D eigenvalue weighted by Gasteiger charge is 2.26. The largest absolute Gasteiger partial charge is 0.496 e. The van der Waals surface area contributed by atoms with Gasteiger partial charge in [-0.25, -0.2) is 0 Å². The van der Waals surface area contributed by atoms with Crippen LogP contribution in [0.2, 0.25) is 5.02 Å². The van der Waals surface area contributed by atoms with Gasteiger partial charge < -0.3 is 14.2 Å². The SMILES string of the molecule is COc1cc(OC)c2c(c1)Oc1ccc(Cl)cc1CC2=O. The Kier molecular flexibility index (Phi) is 3.47. The summed E-state index contributed by atoms with van der Waals surface area (Å²) in [5.41, 5.74) is 1.18. The molecular weight excluding hydrogens is 292 g/mol. The first-order chi connectivity index (χ1) is 10.1. The summed E-state index contributed by atoms with van der Waals surface area (Å²) in [5.74, 6) is 1.97. The van der Waals surface area contributed by atoms with Gasteiger partial charge in [-0.05, 0) is 18.2 Å². The molecule has 0 bridgehead atoms. The Morgan fingerprint density at radius 1 is 1.10 bits per heavy atom. The molecular formula is C16H13ClO4. The molecule has 21 heavy (non-hydrogen) atoms. The zero-order valence-corrected chi connectivity index (χ0v) is 12.4. The van der Waals surface area contributed by atoms with Gasteiger partial charge in [0.2, 0.25) is 0 Å². The third-order valence-corrected chi connectivity index (χ3v) is 3.60. The van der Waals surface area contributed by atoms with Crippen molar-refractivity contribution in [2.24, 2.45) is 0 Å². The van der Waals surface area contributed by atoms with Crippen molar-refractivity contribution >= 4 is 17.4 Å². The lowest BCUT2D eigenvalue weighted by Gasteiger charge is -2.13. The smallest absolute Gasteiger partial charge is 0.174 e. The van der Waals surface area contributed by atoms with Crippen LogP contribution in [-0.4, -0.2) is 20.0 Å². The molecule has 0 saturated carbocycles. The second-order valence-electron chi connectivity index (χ2n) is 4.66. The number of methoxy groups -OCH3 is 2. The number of fused-ring (bicyclic) bond motifs is 2. The number of ketones is 1. The molecule has 1 heterocycles. The maximum atomic E-state index is 12.5. The van der Waals surface area contributed by atoms with Gasteiger partial charge in [-0.15, -0.1) is 0 Å². The van der Waals surface area contributed by atoms with E-state index in [9.17, 15) is 4.79 Å². The first-order valence-electron chi connectivity index (χ1n) is 6.38. The maximum Gasteiger partial charge on any atom is 0.174 e. The van der Waals surface area contributed by atoms with Crippen molar-refractivity contribution in [3.05, 3.63) is 46.5 Å². The Morgan fingerprint density at radius 2 is 1.90 bits per heavy atom. The molecule has 2 aromatic rings. The first-order valence-corrected chi connectivity index (χ1v) is 6.75. The number of carbonyl (C=O) groups is 1. The summed E-state index contributed by atoms with van der Waals surface area (Å²) >= 11 is 5.98. The Morgan fingerprint density at radius 3 is 2.62 bits per heavy atom. The van der Waals surface area contributed by atoms with Crippen LogP contribution in [0.1, 0.15) is 15.9 Å². The Bertz CT molecular complexity index is 724. The predicted octanol–water partition coefficient (Wildman–Crippen LogP) is 3.89. The Balaban J connectivity index is 2.19. The van der Waals surface area contributed by atoms with Gasteiger partial charge in [0.1, 0.15) is 28.6 Å². The van der Waals surface area contributed by atoms with Crippen molar-refractivity contribution in [2.45, 2.75) is 6.42 Å². The van der Waals surface area contributed by atoms with E-state index in [4.69, 9.17) is 25.8 Å². The normalized spacial score (nSPS) is 12.8. The van der Waals surface area contributed by atoms with E-state index in [1.165, 1.54) is 7.11 Å². The van der Waals surface area contributed by atoms with Crippen LogP contribution in [0.5, 0.6) is 23.0 Å². The van der Waals surface area contributed by atoms with E-state index < -0.39 is 0 Å².